The van der Waals surface area contributed by atoms with Crippen LogP contribution in [0.4, 0.5) is 4.79 Å². The highest BCUT2D eigenvalue weighted by Crippen LogP contribution is 2.35. The average molecular weight is 318 g/mol. The van der Waals surface area contributed by atoms with Crippen molar-refractivity contribution >= 4 is 12.0 Å². The highest BCUT2D eigenvalue weighted by molar-refractivity contribution is 5.95. The summed E-state index contributed by atoms with van der Waals surface area (Å²) in [5.41, 5.74) is 1.71. The third-order valence-electron chi connectivity index (χ3n) is 3.85. The first-order valence-corrected chi connectivity index (χ1v) is 7.56. The molecule has 1 atom stereocenters. The van der Waals surface area contributed by atoms with Gasteiger partial charge in [-0.2, -0.15) is 0 Å². The average Bonchev–Trinajstić information content (AvgIpc) is 2.57. The van der Waals surface area contributed by atoms with Gasteiger partial charge in [0.15, 0.2) is 0 Å². The van der Waals surface area contributed by atoms with Gasteiger partial charge in [0.1, 0.15) is 5.75 Å². The zero-order chi connectivity index (χ0) is 17.0. The predicted octanol–water partition coefficient (Wildman–Crippen LogP) is 2.62. The Morgan fingerprint density at radius 3 is 2.70 bits per heavy atom. The van der Waals surface area contributed by atoms with Gasteiger partial charge in [-0.25, -0.2) is 9.59 Å². The van der Waals surface area contributed by atoms with Crippen molar-refractivity contribution in [3.8, 4) is 5.75 Å². The smallest absolute Gasteiger partial charge is 0.337 e. The van der Waals surface area contributed by atoms with Crippen molar-refractivity contribution in [2.75, 3.05) is 20.8 Å². The number of amides is 2. The van der Waals surface area contributed by atoms with E-state index in [1.165, 1.54) is 12.0 Å². The second-order valence-electron chi connectivity index (χ2n) is 5.32. The van der Waals surface area contributed by atoms with Crippen molar-refractivity contribution in [2.45, 2.75) is 26.3 Å². The molecule has 0 radical (unpaired) electrons. The van der Waals surface area contributed by atoms with Crippen molar-refractivity contribution < 1.29 is 19.1 Å². The van der Waals surface area contributed by atoms with Gasteiger partial charge in [0.2, 0.25) is 0 Å². The van der Waals surface area contributed by atoms with Crippen LogP contribution in [-0.2, 0) is 9.53 Å². The molecular weight excluding hydrogens is 296 g/mol. The van der Waals surface area contributed by atoms with Crippen molar-refractivity contribution in [2.24, 2.45) is 0 Å². The van der Waals surface area contributed by atoms with E-state index in [4.69, 9.17) is 9.47 Å². The lowest BCUT2D eigenvalue weighted by Crippen LogP contribution is -2.46. The number of esters is 1. The van der Waals surface area contributed by atoms with Gasteiger partial charge in [-0.1, -0.05) is 25.1 Å². The number of para-hydroxylation sites is 1. The van der Waals surface area contributed by atoms with E-state index >= 15 is 0 Å². The first kappa shape index (κ1) is 16.9. The second-order valence-corrected chi connectivity index (χ2v) is 5.32. The molecule has 1 aliphatic heterocycles. The summed E-state index contributed by atoms with van der Waals surface area (Å²) in [4.78, 5) is 25.8. The van der Waals surface area contributed by atoms with Crippen molar-refractivity contribution in [1.82, 2.24) is 10.2 Å². The lowest BCUT2D eigenvalue weighted by atomic mass is 9.94. The maximum absolute atomic E-state index is 12.2. The zero-order valence-electron chi connectivity index (χ0n) is 13.9. The SMILES string of the molecule is CCCOc1ccccc1[C@H]1NC(=O)N(C)C(C)=C1C(=O)OC. The van der Waals surface area contributed by atoms with E-state index in [0.29, 0.717) is 23.6 Å². The minimum Gasteiger partial charge on any atom is -0.493 e. The Balaban J connectivity index is 2.52. The van der Waals surface area contributed by atoms with E-state index in [9.17, 15) is 9.59 Å². The Bertz CT molecular complexity index is 639. The van der Waals surface area contributed by atoms with Crippen LogP contribution in [0.15, 0.2) is 35.5 Å². The molecule has 2 amide bonds. The van der Waals surface area contributed by atoms with Gasteiger partial charge in [-0.15, -0.1) is 0 Å². The van der Waals surface area contributed by atoms with E-state index in [-0.39, 0.29) is 6.03 Å². The van der Waals surface area contributed by atoms with Gasteiger partial charge in [-0.3, -0.25) is 0 Å². The molecule has 23 heavy (non-hydrogen) atoms. The Hall–Kier alpha value is -2.50. The normalized spacial score (nSPS) is 17.8. The fourth-order valence-corrected chi connectivity index (χ4v) is 2.51. The molecule has 0 saturated carbocycles. The lowest BCUT2D eigenvalue weighted by molar-refractivity contribution is -0.136. The van der Waals surface area contributed by atoms with E-state index in [0.717, 1.165) is 12.0 Å². The largest absolute Gasteiger partial charge is 0.493 e. The number of carbonyl (C=O) groups excluding carboxylic acids is 2. The molecule has 6 nitrogen and oxygen atoms in total. The molecule has 1 aromatic carbocycles. The summed E-state index contributed by atoms with van der Waals surface area (Å²) in [6, 6.07) is 6.52. The van der Waals surface area contributed by atoms with Gasteiger partial charge >= 0.3 is 12.0 Å². The van der Waals surface area contributed by atoms with Gasteiger partial charge < -0.3 is 19.7 Å². The maximum Gasteiger partial charge on any atom is 0.337 e. The Morgan fingerprint density at radius 1 is 1.35 bits per heavy atom. The molecule has 0 spiro atoms. The quantitative estimate of drug-likeness (QED) is 0.847. The molecule has 0 unspecified atom stereocenters. The topological polar surface area (TPSA) is 67.9 Å². The van der Waals surface area contributed by atoms with Crippen molar-refractivity contribution in [3.63, 3.8) is 0 Å². The predicted molar refractivity (Wildman–Crippen MR) is 86.0 cm³/mol. The standard InChI is InChI=1S/C17H22N2O4/c1-5-10-23-13-9-7-6-8-12(13)15-14(16(20)22-4)11(2)19(3)17(21)18-15/h6-9,15H,5,10H2,1-4H3,(H,18,21)/t15-/m1/s1. The van der Waals surface area contributed by atoms with Crippen LogP contribution < -0.4 is 10.1 Å². The van der Waals surface area contributed by atoms with Crippen LogP contribution in [0.5, 0.6) is 5.75 Å². The number of carbonyl (C=O) groups is 2. The number of urea groups is 1. The Labute approximate surface area is 136 Å². The van der Waals surface area contributed by atoms with Gasteiger partial charge in [0, 0.05) is 18.3 Å². The molecule has 1 aromatic rings. The fraction of sp³-hybridized carbons (Fsp3) is 0.412. The van der Waals surface area contributed by atoms with Gasteiger partial charge in [0.05, 0.1) is 25.3 Å². The highest BCUT2D eigenvalue weighted by atomic mass is 16.5. The first-order chi connectivity index (χ1) is 11.0. The number of nitrogens with zero attached hydrogens (tertiary/aromatic N) is 1. The molecule has 1 N–H and O–H groups in total. The molecule has 1 aliphatic rings. The number of rotatable bonds is 5. The molecule has 1 heterocycles. The van der Waals surface area contributed by atoms with E-state index in [2.05, 4.69) is 5.32 Å². The third-order valence-corrected chi connectivity index (χ3v) is 3.85. The minimum absolute atomic E-state index is 0.273. The molecule has 0 aromatic heterocycles. The second kappa shape index (κ2) is 7.17. The summed E-state index contributed by atoms with van der Waals surface area (Å²) in [7, 11) is 2.94. The Kier molecular flexibility index (Phi) is 5.26. The van der Waals surface area contributed by atoms with Crippen LogP contribution in [0.2, 0.25) is 0 Å². The van der Waals surface area contributed by atoms with Crippen molar-refractivity contribution in [1.29, 1.82) is 0 Å². The van der Waals surface area contributed by atoms with Crippen LogP contribution in [0, 0.1) is 0 Å². The summed E-state index contributed by atoms with van der Waals surface area (Å²) in [6.45, 7) is 4.31. The first-order valence-electron chi connectivity index (χ1n) is 7.56. The van der Waals surface area contributed by atoms with Crippen LogP contribution in [0.25, 0.3) is 0 Å². The molecule has 0 fully saturated rings. The molecule has 124 valence electrons. The monoisotopic (exact) mass is 318 g/mol. The highest BCUT2D eigenvalue weighted by Gasteiger charge is 2.36. The number of methoxy groups -OCH3 is 1. The third kappa shape index (κ3) is 3.31. The van der Waals surface area contributed by atoms with Gasteiger partial charge in [-0.05, 0) is 19.4 Å². The molecular formula is C17H22N2O4. The van der Waals surface area contributed by atoms with Crippen LogP contribution in [0.3, 0.4) is 0 Å². The van der Waals surface area contributed by atoms with E-state index in [1.807, 2.05) is 31.2 Å². The van der Waals surface area contributed by atoms with Crippen LogP contribution >= 0.6 is 0 Å². The molecule has 2 rings (SSSR count). The van der Waals surface area contributed by atoms with E-state index in [1.54, 1.807) is 14.0 Å². The van der Waals surface area contributed by atoms with Gasteiger partial charge in [0.25, 0.3) is 0 Å². The van der Waals surface area contributed by atoms with E-state index < -0.39 is 12.0 Å². The number of ether oxygens (including phenoxy) is 2. The fourth-order valence-electron chi connectivity index (χ4n) is 2.51. The number of hydrogen-bond donors (Lipinski definition) is 1. The summed E-state index contributed by atoms with van der Waals surface area (Å²) < 4.78 is 10.7. The summed E-state index contributed by atoms with van der Waals surface area (Å²) in [5, 5.41) is 2.84. The number of hydrogen-bond acceptors (Lipinski definition) is 4. The number of benzene rings is 1. The maximum atomic E-state index is 12.2. The minimum atomic E-state index is -0.598. The lowest BCUT2D eigenvalue weighted by Gasteiger charge is -2.33. The zero-order valence-corrected chi connectivity index (χ0v) is 13.9. The summed E-state index contributed by atoms with van der Waals surface area (Å²) in [5.74, 6) is 0.183. The molecule has 0 aliphatic carbocycles. The summed E-state index contributed by atoms with van der Waals surface area (Å²) >= 11 is 0. The molecule has 0 saturated heterocycles. The van der Waals surface area contributed by atoms with Crippen LogP contribution in [0.1, 0.15) is 31.9 Å². The van der Waals surface area contributed by atoms with Crippen LogP contribution in [-0.4, -0.2) is 37.7 Å². The molecule has 0 bridgehead atoms. The van der Waals surface area contributed by atoms with Crippen molar-refractivity contribution in [3.05, 3.63) is 41.1 Å². The summed E-state index contributed by atoms with van der Waals surface area (Å²) in [6.07, 6.45) is 0.868. The number of allylic oxidation sites excluding steroid dienone is 1. The molecule has 6 heteroatoms. The number of nitrogens with one attached hydrogen (secondary N) is 1. The Morgan fingerprint density at radius 2 is 2.04 bits per heavy atom.